The van der Waals surface area contributed by atoms with E-state index in [9.17, 15) is 5.11 Å². The normalized spacial score (nSPS) is 19.2. The van der Waals surface area contributed by atoms with Crippen LogP contribution < -0.4 is 4.74 Å². The van der Waals surface area contributed by atoms with Crippen molar-refractivity contribution in [3.05, 3.63) is 36.0 Å². The van der Waals surface area contributed by atoms with Gasteiger partial charge >= 0.3 is 0 Å². The molecule has 0 amide bonds. The van der Waals surface area contributed by atoms with E-state index in [0.717, 1.165) is 23.1 Å². The van der Waals surface area contributed by atoms with Gasteiger partial charge in [-0.15, -0.1) is 0 Å². The third-order valence-electron chi connectivity index (χ3n) is 4.27. The number of nitrogens with zero attached hydrogens (tertiary/aromatic N) is 2. The SMILES string of the molecule is CN1CCCC1CCOc1cc(CO)nc2ccccc12. The Labute approximate surface area is 125 Å². The van der Waals surface area contributed by atoms with Gasteiger partial charge in [-0.1, -0.05) is 12.1 Å². The molecule has 1 aliphatic rings. The van der Waals surface area contributed by atoms with Crippen molar-refractivity contribution in [2.75, 3.05) is 20.2 Å². The van der Waals surface area contributed by atoms with Crippen LogP contribution in [0.25, 0.3) is 10.9 Å². The molecule has 0 bridgehead atoms. The summed E-state index contributed by atoms with van der Waals surface area (Å²) in [6.07, 6.45) is 3.59. The lowest BCUT2D eigenvalue weighted by Crippen LogP contribution is -2.26. The van der Waals surface area contributed by atoms with Gasteiger partial charge in [0.15, 0.2) is 0 Å². The molecule has 2 heterocycles. The minimum absolute atomic E-state index is 0.0629. The molecule has 1 aromatic heterocycles. The summed E-state index contributed by atoms with van der Waals surface area (Å²) in [5.74, 6) is 0.824. The first-order chi connectivity index (χ1) is 10.3. The van der Waals surface area contributed by atoms with E-state index in [1.807, 2.05) is 30.3 Å². The third-order valence-corrected chi connectivity index (χ3v) is 4.27. The molecule has 0 aliphatic carbocycles. The number of rotatable bonds is 5. The van der Waals surface area contributed by atoms with Gasteiger partial charge in [0, 0.05) is 17.5 Å². The van der Waals surface area contributed by atoms with Crippen molar-refractivity contribution in [2.24, 2.45) is 0 Å². The monoisotopic (exact) mass is 286 g/mol. The summed E-state index contributed by atoms with van der Waals surface area (Å²) < 4.78 is 5.99. The maximum absolute atomic E-state index is 9.33. The molecule has 2 aromatic rings. The van der Waals surface area contributed by atoms with Gasteiger partial charge in [0.1, 0.15) is 5.75 Å². The van der Waals surface area contributed by atoms with E-state index in [4.69, 9.17) is 4.74 Å². The van der Waals surface area contributed by atoms with Gasteiger partial charge in [-0.05, 0) is 45.0 Å². The molecule has 1 fully saturated rings. The quantitative estimate of drug-likeness (QED) is 0.917. The summed E-state index contributed by atoms with van der Waals surface area (Å²) in [6.45, 7) is 1.83. The highest BCUT2D eigenvalue weighted by molar-refractivity contribution is 5.85. The molecule has 0 spiro atoms. The van der Waals surface area contributed by atoms with Crippen LogP contribution in [0.1, 0.15) is 25.0 Å². The fourth-order valence-electron chi connectivity index (χ4n) is 3.04. The molecule has 3 rings (SSSR count). The van der Waals surface area contributed by atoms with Gasteiger partial charge < -0.3 is 14.7 Å². The number of likely N-dealkylation sites (tertiary alicyclic amines) is 1. The number of para-hydroxylation sites is 1. The summed E-state index contributed by atoms with van der Waals surface area (Å²) in [7, 11) is 2.18. The van der Waals surface area contributed by atoms with E-state index in [0.29, 0.717) is 18.3 Å². The highest BCUT2D eigenvalue weighted by Gasteiger charge is 2.20. The molecular formula is C17H22N2O2. The van der Waals surface area contributed by atoms with Crippen molar-refractivity contribution < 1.29 is 9.84 Å². The number of aliphatic hydroxyl groups excluding tert-OH is 1. The number of hydrogen-bond donors (Lipinski definition) is 1. The smallest absolute Gasteiger partial charge is 0.130 e. The van der Waals surface area contributed by atoms with E-state index >= 15 is 0 Å². The van der Waals surface area contributed by atoms with Crippen LogP contribution in [-0.4, -0.2) is 41.2 Å². The van der Waals surface area contributed by atoms with Crippen LogP contribution in [0.5, 0.6) is 5.75 Å². The Bertz CT molecular complexity index is 615. The summed E-state index contributed by atoms with van der Waals surface area (Å²) in [4.78, 5) is 6.82. The van der Waals surface area contributed by atoms with E-state index in [2.05, 4.69) is 16.9 Å². The van der Waals surface area contributed by atoms with Gasteiger partial charge in [0.05, 0.1) is 24.4 Å². The van der Waals surface area contributed by atoms with Gasteiger partial charge in [-0.25, -0.2) is 0 Å². The van der Waals surface area contributed by atoms with Crippen molar-refractivity contribution >= 4 is 10.9 Å². The second kappa shape index (κ2) is 6.41. The fourth-order valence-corrected chi connectivity index (χ4v) is 3.04. The van der Waals surface area contributed by atoms with Crippen LogP contribution in [0.3, 0.4) is 0 Å². The van der Waals surface area contributed by atoms with Crippen molar-refractivity contribution in [3.63, 3.8) is 0 Å². The third kappa shape index (κ3) is 3.17. The van der Waals surface area contributed by atoms with E-state index in [1.54, 1.807) is 0 Å². The van der Waals surface area contributed by atoms with E-state index in [-0.39, 0.29) is 6.61 Å². The number of benzene rings is 1. The molecule has 112 valence electrons. The average Bonchev–Trinajstić information content (AvgIpc) is 2.92. The maximum Gasteiger partial charge on any atom is 0.130 e. The fraction of sp³-hybridized carbons (Fsp3) is 0.471. The number of aliphatic hydroxyl groups is 1. The van der Waals surface area contributed by atoms with Crippen molar-refractivity contribution in [1.29, 1.82) is 0 Å². The van der Waals surface area contributed by atoms with E-state index in [1.165, 1.54) is 19.4 Å². The Morgan fingerprint density at radius 2 is 2.24 bits per heavy atom. The molecular weight excluding hydrogens is 264 g/mol. The zero-order chi connectivity index (χ0) is 14.7. The standard InChI is InChI=1S/C17H22N2O2/c1-19-9-4-5-14(19)8-10-21-17-11-13(12-20)18-16-7-3-2-6-15(16)17/h2-3,6-7,11,14,20H,4-5,8-10,12H2,1H3. The summed E-state index contributed by atoms with van der Waals surface area (Å²) >= 11 is 0. The van der Waals surface area contributed by atoms with Crippen molar-refractivity contribution in [2.45, 2.75) is 31.9 Å². The first-order valence-electron chi connectivity index (χ1n) is 7.60. The highest BCUT2D eigenvalue weighted by atomic mass is 16.5. The number of hydrogen-bond acceptors (Lipinski definition) is 4. The van der Waals surface area contributed by atoms with Crippen LogP contribution in [0.15, 0.2) is 30.3 Å². The van der Waals surface area contributed by atoms with Crippen LogP contribution >= 0.6 is 0 Å². The Hall–Kier alpha value is -1.65. The zero-order valence-corrected chi connectivity index (χ0v) is 12.5. The average molecular weight is 286 g/mol. The topological polar surface area (TPSA) is 45.6 Å². The molecule has 1 aromatic carbocycles. The number of pyridine rings is 1. The number of aromatic nitrogens is 1. The van der Waals surface area contributed by atoms with Gasteiger partial charge in [0.2, 0.25) is 0 Å². The lowest BCUT2D eigenvalue weighted by atomic mass is 10.1. The van der Waals surface area contributed by atoms with E-state index < -0.39 is 0 Å². The predicted molar refractivity (Wildman–Crippen MR) is 83.4 cm³/mol. The lowest BCUT2D eigenvalue weighted by molar-refractivity contribution is 0.233. The molecule has 4 heteroatoms. The van der Waals surface area contributed by atoms with Gasteiger partial charge in [0.25, 0.3) is 0 Å². The maximum atomic E-state index is 9.33. The predicted octanol–water partition coefficient (Wildman–Crippen LogP) is 2.59. The molecule has 0 saturated carbocycles. The summed E-state index contributed by atoms with van der Waals surface area (Å²) in [5.41, 5.74) is 1.53. The second-order valence-electron chi connectivity index (χ2n) is 5.70. The molecule has 1 N–H and O–H groups in total. The second-order valence-corrected chi connectivity index (χ2v) is 5.70. The molecule has 4 nitrogen and oxygen atoms in total. The first kappa shape index (κ1) is 14.3. The molecule has 1 atom stereocenters. The Balaban J connectivity index is 1.73. The molecule has 1 unspecified atom stereocenters. The van der Waals surface area contributed by atoms with Crippen LogP contribution in [-0.2, 0) is 6.61 Å². The minimum Gasteiger partial charge on any atom is -0.493 e. The molecule has 0 radical (unpaired) electrons. The van der Waals surface area contributed by atoms with Crippen LogP contribution in [0, 0.1) is 0 Å². The zero-order valence-electron chi connectivity index (χ0n) is 12.5. The Kier molecular flexibility index (Phi) is 4.36. The van der Waals surface area contributed by atoms with Crippen molar-refractivity contribution in [3.8, 4) is 5.75 Å². The molecule has 1 aliphatic heterocycles. The summed E-state index contributed by atoms with van der Waals surface area (Å²) in [5, 5.41) is 10.3. The first-order valence-corrected chi connectivity index (χ1v) is 7.60. The van der Waals surface area contributed by atoms with Crippen molar-refractivity contribution in [1.82, 2.24) is 9.88 Å². The lowest BCUT2D eigenvalue weighted by Gasteiger charge is -2.19. The number of ether oxygens (including phenoxy) is 1. The molecule has 21 heavy (non-hydrogen) atoms. The minimum atomic E-state index is -0.0629. The van der Waals surface area contributed by atoms with Crippen LogP contribution in [0.2, 0.25) is 0 Å². The Morgan fingerprint density at radius 3 is 3.00 bits per heavy atom. The van der Waals surface area contributed by atoms with Gasteiger partial charge in [-0.2, -0.15) is 0 Å². The largest absolute Gasteiger partial charge is 0.493 e. The highest BCUT2D eigenvalue weighted by Crippen LogP contribution is 2.26. The number of fused-ring (bicyclic) bond motifs is 1. The van der Waals surface area contributed by atoms with Gasteiger partial charge in [-0.3, -0.25) is 4.98 Å². The Morgan fingerprint density at radius 1 is 1.38 bits per heavy atom. The van der Waals surface area contributed by atoms with Crippen LogP contribution in [0.4, 0.5) is 0 Å². The molecule has 1 saturated heterocycles. The summed E-state index contributed by atoms with van der Waals surface area (Å²) in [6, 6.07) is 10.4.